The minimum absolute atomic E-state index is 0.0665. The SMILES string of the molecule is CCC(C)c1ccc(C(NCC(=O)Nc2ccc3c(c2)=NC(=O)N=3)c2cccs2)cc1. The molecule has 0 saturated carbocycles. The summed E-state index contributed by atoms with van der Waals surface area (Å²) in [7, 11) is 0. The molecule has 4 rings (SSSR count). The molecule has 0 fully saturated rings. The molecule has 7 heteroatoms. The average molecular weight is 433 g/mol. The number of rotatable bonds is 8. The lowest BCUT2D eigenvalue weighted by atomic mass is 9.95. The summed E-state index contributed by atoms with van der Waals surface area (Å²) in [5, 5.41) is 9.29. The van der Waals surface area contributed by atoms with Crippen molar-refractivity contribution in [1.29, 1.82) is 0 Å². The van der Waals surface area contributed by atoms with E-state index in [2.05, 4.69) is 64.8 Å². The standard InChI is InChI=1S/C24H24N4O2S/c1-3-15(2)16-6-8-17(9-7-16)23(21-5-4-12-31-21)25-14-22(29)26-18-10-11-19-20(13-18)28-24(30)27-19/h4-13,15,23,25H,3,14H2,1-2H3,(H,26,29). The van der Waals surface area contributed by atoms with E-state index < -0.39 is 6.03 Å². The second-order valence-electron chi connectivity index (χ2n) is 7.56. The smallest absolute Gasteiger partial charge is 0.325 e. The van der Waals surface area contributed by atoms with Crippen LogP contribution < -0.4 is 21.3 Å². The number of nitrogens with zero attached hydrogens (tertiary/aromatic N) is 2. The van der Waals surface area contributed by atoms with E-state index in [1.807, 2.05) is 11.4 Å². The average Bonchev–Trinajstić information content (AvgIpc) is 3.42. The molecule has 2 heterocycles. The first kappa shape index (κ1) is 21.1. The summed E-state index contributed by atoms with van der Waals surface area (Å²) in [4.78, 5) is 32.6. The summed E-state index contributed by atoms with van der Waals surface area (Å²) in [6, 6.07) is 17.2. The fourth-order valence-electron chi connectivity index (χ4n) is 3.51. The van der Waals surface area contributed by atoms with Crippen molar-refractivity contribution < 1.29 is 9.59 Å². The van der Waals surface area contributed by atoms with Gasteiger partial charge in [-0.05, 0) is 53.1 Å². The van der Waals surface area contributed by atoms with Crippen LogP contribution in [-0.2, 0) is 4.79 Å². The molecular formula is C24H24N4O2S. The van der Waals surface area contributed by atoms with Crippen molar-refractivity contribution >= 4 is 29.0 Å². The third-order valence-corrected chi connectivity index (χ3v) is 6.37. The summed E-state index contributed by atoms with van der Waals surface area (Å²) in [5.41, 5.74) is 3.03. The Kier molecular flexibility index (Phi) is 6.34. The monoisotopic (exact) mass is 432 g/mol. The Labute approximate surface area is 184 Å². The van der Waals surface area contributed by atoms with Crippen LogP contribution in [0.4, 0.5) is 10.5 Å². The van der Waals surface area contributed by atoms with Gasteiger partial charge < -0.3 is 5.32 Å². The zero-order valence-electron chi connectivity index (χ0n) is 17.5. The van der Waals surface area contributed by atoms with Crippen LogP contribution in [0.3, 0.4) is 0 Å². The van der Waals surface area contributed by atoms with Gasteiger partial charge >= 0.3 is 6.03 Å². The molecule has 0 spiro atoms. The molecule has 3 aromatic rings. The van der Waals surface area contributed by atoms with E-state index in [0.29, 0.717) is 22.3 Å². The number of fused-ring (bicyclic) bond motifs is 1. The van der Waals surface area contributed by atoms with Gasteiger partial charge in [-0.2, -0.15) is 9.98 Å². The molecule has 1 aromatic heterocycles. The maximum Gasteiger partial charge on any atom is 0.368 e. The summed E-state index contributed by atoms with van der Waals surface area (Å²) in [6.07, 6.45) is 1.10. The first-order valence-corrected chi connectivity index (χ1v) is 11.2. The van der Waals surface area contributed by atoms with Gasteiger partial charge in [-0.1, -0.05) is 44.2 Å². The Balaban J connectivity index is 1.45. The maximum atomic E-state index is 12.6. The van der Waals surface area contributed by atoms with Crippen molar-refractivity contribution in [3.63, 3.8) is 0 Å². The normalized spacial score (nSPS) is 14.3. The number of hydrogen-bond acceptors (Lipinski definition) is 4. The number of nitrogens with one attached hydrogen (secondary N) is 2. The number of amides is 3. The predicted molar refractivity (Wildman–Crippen MR) is 122 cm³/mol. The molecule has 1 aliphatic heterocycles. The first-order valence-electron chi connectivity index (χ1n) is 10.3. The third kappa shape index (κ3) is 4.95. The Morgan fingerprint density at radius 2 is 1.77 bits per heavy atom. The van der Waals surface area contributed by atoms with E-state index in [0.717, 1.165) is 16.9 Å². The predicted octanol–water partition coefficient (Wildman–Crippen LogP) is 3.95. The highest BCUT2D eigenvalue weighted by Crippen LogP contribution is 2.28. The highest BCUT2D eigenvalue weighted by Gasteiger charge is 2.17. The van der Waals surface area contributed by atoms with Crippen LogP contribution in [0.5, 0.6) is 0 Å². The van der Waals surface area contributed by atoms with Crippen molar-refractivity contribution in [3.8, 4) is 0 Å². The van der Waals surface area contributed by atoms with Crippen LogP contribution in [0.15, 0.2) is 70.0 Å². The van der Waals surface area contributed by atoms with E-state index in [1.165, 1.54) is 5.56 Å². The number of carbonyl (C=O) groups excluding carboxylic acids is 2. The fraction of sp³-hybridized carbons (Fsp3) is 0.250. The van der Waals surface area contributed by atoms with E-state index in [1.54, 1.807) is 29.5 Å². The molecule has 6 nitrogen and oxygen atoms in total. The third-order valence-electron chi connectivity index (χ3n) is 5.44. The topological polar surface area (TPSA) is 82.9 Å². The van der Waals surface area contributed by atoms with E-state index >= 15 is 0 Å². The van der Waals surface area contributed by atoms with Crippen molar-refractivity contribution in [2.75, 3.05) is 11.9 Å². The van der Waals surface area contributed by atoms with Crippen molar-refractivity contribution in [2.45, 2.75) is 32.2 Å². The largest absolute Gasteiger partial charge is 0.368 e. The molecule has 158 valence electrons. The molecule has 0 bridgehead atoms. The molecule has 1 aliphatic rings. The quantitative estimate of drug-likeness (QED) is 0.565. The molecule has 0 saturated heterocycles. The Morgan fingerprint density at radius 1 is 1.03 bits per heavy atom. The molecule has 2 atom stereocenters. The highest BCUT2D eigenvalue weighted by atomic mass is 32.1. The summed E-state index contributed by atoms with van der Waals surface area (Å²) >= 11 is 1.66. The van der Waals surface area contributed by atoms with E-state index in [-0.39, 0.29) is 18.5 Å². The number of anilines is 1. The molecule has 2 unspecified atom stereocenters. The Morgan fingerprint density at radius 3 is 2.48 bits per heavy atom. The molecule has 31 heavy (non-hydrogen) atoms. The number of carbonyl (C=O) groups is 2. The Bertz CT molecular complexity index is 1200. The van der Waals surface area contributed by atoms with Crippen LogP contribution in [-0.4, -0.2) is 18.5 Å². The van der Waals surface area contributed by atoms with Crippen LogP contribution in [0.1, 0.15) is 48.2 Å². The Hall–Kier alpha value is -3.16. The molecule has 0 aliphatic carbocycles. The maximum absolute atomic E-state index is 12.6. The zero-order chi connectivity index (χ0) is 21.8. The van der Waals surface area contributed by atoms with E-state index in [4.69, 9.17) is 0 Å². The van der Waals surface area contributed by atoms with E-state index in [9.17, 15) is 9.59 Å². The molecule has 2 aromatic carbocycles. The lowest BCUT2D eigenvalue weighted by Crippen LogP contribution is -2.32. The van der Waals surface area contributed by atoms with Gasteiger partial charge in [0.05, 0.1) is 23.3 Å². The van der Waals surface area contributed by atoms with Crippen LogP contribution in [0.25, 0.3) is 0 Å². The number of thiophene rings is 1. The molecule has 3 amide bonds. The van der Waals surface area contributed by atoms with Gasteiger partial charge in [0.1, 0.15) is 0 Å². The van der Waals surface area contributed by atoms with Gasteiger partial charge in [-0.3, -0.25) is 10.1 Å². The van der Waals surface area contributed by atoms with Gasteiger partial charge in [-0.25, -0.2) is 4.79 Å². The number of hydrogen-bond donors (Lipinski definition) is 2. The van der Waals surface area contributed by atoms with Crippen LogP contribution in [0.2, 0.25) is 0 Å². The second kappa shape index (κ2) is 9.32. The van der Waals surface area contributed by atoms with Crippen molar-refractivity contribution in [2.24, 2.45) is 9.98 Å². The second-order valence-corrected chi connectivity index (χ2v) is 8.54. The summed E-state index contributed by atoms with van der Waals surface area (Å²) < 4.78 is 0. The minimum atomic E-state index is -0.515. The number of benzene rings is 2. The van der Waals surface area contributed by atoms with Gasteiger partial charge in [-0.15, -0.1) is 11.3 Å². The molecular weight excluding hydrogens is 408 g/mol. The van der Waals surface area contributed by atoms with Crippen molar-refractivity contribution in [3.05, 3.63) is 86.7 Å². The number of urea groups is 1. The lowest BCUT2D eigenvalue weighted by molar-refractivity contribution is -0.115. The van der Waals surface area contributed by atoms with Gasteiger partial charge in [0.2, 0.25) is 5.91 Å². The fourth-order valence-corrected chi connectivity index (χ4v) is 4.33. The van der Waals surface area contributed by atoms with Gasteiger partial charge in [0, 0.05) is 10.6 Å². The molecule has 2 N–H and O–H groups in total. The van der Waals surface area contributed by atoms with Crippen LogP contribution in [0, 0.1) is 0 Å². The van der Waals surface area contributed by atoms with Gasteiger partial charge in [0.25, 0.3) is 0 Å². The summed E-state index contributed by atoms with van der Waals surface area (Å²) in [5.74, 6) is 0.356. The zero-order valence-corrected chi connectivity index (χ0v) is 18.3. The highest BCUT2D eigenvalue weighted by molar-refractivity contribution is 7.10. The molecule has 0 radical (unpaired) electrons. The van der Waals surface area contributed by atoms with Gasteiger partial charge in [0.15, 0.2) is 0 Å². The first-order chi connectivity index (χ1) is 15.0. The summed E-state index contributed by atoms with van der Waals surface area (Å²) in [6.45, 7) is 4.56. The minimum Gasteiger partial charge on any atom is -0.325 e. The van der Waals surface area contributed by atoms with Crippen LogP contribution >= 0.6 is 11.3 Å². The lowest BCUT2D eigenvalue weighted by Gasteiger charge is -2.19. The van der Waals surface area contributed by atoms with Crippen molar-refractivity contribution in [1.82, 2.24) is 5.32 Å².